The van der Waals surface area contributed by atoms with Gasteiger partial charge in [0.2, 0.25) is 0 Å². The molecule has 1 spiro atoms. The topological polar surface area (TPSA) is 26.3 Å². The molecule has 120 valence electrons. The minimum absolute atomic E-state index is 0.0549. The highest BCUT2D eigenvalue weighted by atomic mass is 32.2. The van der Waals surface area contributed by atoms with Gasteiger partial charge in [-0.15, -0.1) is 0 Å². The Labute approximate surface area is 137 Å². The Bertz CT molecular complexity index is 341. The molecule has 2 nitrogen and oxygen atoms in total. The number of hydrogen-bond donors (Lipinski definition) is 0. The third-order valence-corrected chi connectivity index (χ3v) is 7.75. The maximum absolute atomic E-state index is 12.6. The first-order chi connectivity index (χ1) is 10.3. The van der Waals surface area contributed by atoms with E-state index in [0.717, 1.165) is 43.3 Å². The van der Waals surface area contributed by atoms with Crippen molar-refractivity contribution in [2.75, 3.05) is 23.9 Å². The summed E-state index contributed by atoms with van der Waals surface area (Å²) in [5, 5.41) is 0.752. The molecule has 0 N–H and O–H groups in total. The zero-order valence-corrected chi connectivity index (χ0v) is 14.6. The van der Waals surface area contributed by atoms with Gasteiger partial charge in [0.15, 0.2) is 0 Å². The van der Waals surface area contributed by atoms with Crippen molar-refractivity contribution in [2.24, 2.45) is 5.92 Å². The monoisotopic (exact) mass is 328 g/mol. The molecule has 0 radical (unpaired) electrons. The molecule has 1 aliphatic carbocycles. The van der Waals surface area contributed by atoms with Crippen molar-refractivity contribution in [3.63, 3.8) is 0 Å². The molecule has 3 rings (SSSR count). The molecular formula is C17H28O2S2. The van der Waals surface area contributed by atoms with E-state index >= 15 is 0 Å². The van der Waals surface area contributed by atoms with Crippen LogP contribution in [0.3, 0.4) is 0 Å². The quantitative estimate of drug-likeness (QED) is 0.768. The summed E-state index contributed by atoms with van der Waals surface area (Å²) in [6.45, 7) is 0.801. The minimum atomic E-state index is 0.0549. The predicted molar refractivity (Wildman–Crippen MR) is 92.3 cm³/mol. The standard InChI is InChI=1S/C17H28O2S2/c18-16(13-21-15-4-2-1-3-5-15)14-6-9-19-17(12-14)7-10-20-11-8-17/h14-15H,1-13H2. The highest BCUT2D eigenvalue weighted by Gasteiger charge is 2.40. The molecule has 1 unspecified atom stereocenters. The van der Waals surface area contributed by atoms with Crippen LogP contribution in [-0.4, -0.2) is 40.5 Å². The molecule has 3 fully saturated rings. The van der Waals surface area contributed by atoms with E-state index < -0.39 is 0 Å². The smallest absolute Gasteiger partial charge is 0.146 e. The van der Waals surface area contributed by atoms with Gasteiger partial charge in [0, 0.05) is 17.8 Å². The summed E-state index contributed by atoms with van der Waals surface area (Å²) in [7, 11) is 0. The highest BCUT2D eigenvalue weighted by molar-refractivity contribution is 8.00. The van der Waals surface area contributed by atoms with E-state index in [1.54, 1.807) is 0 Å². The Morgan fingerprint density at radius 2 is 1.90 bits per heavy atom. The van der Waals surface area contributed by atoms with Crippen LogP contribution in [-0.2, 0) is 9.53 Å². The van der Waals surface area contributed by atoms with E-state index in [2.05, 4.69) is 0 Å². The zero-order valence-electron chi connectivity index (χ0n) is 13.0. The van der Waals surface area contributed by atoms with Crippen LogP contribution in [0.15, 0.2) is 0 Å². The Hall–Kier alpha value is 0.330. The summed E-state index contributed by atoms with van der Waals surface area (Å²) < 4.78 is 6.11. The van der Waals surface area contributed by atoms with Gasteiger partial charge in [-0.3, -0.25) is 4.79 Å². The van der Waals surface area contributed by atoms with Crippen molar-refractivity contribution in [2.45, 2.75) is 68.6 Å². The van der Waals surface area contributed by atoms with E-state index in [9.17, 15) is 4.79 Å². The number of carbonyl (C=O) groups is 1. The molecule has 2 saturated heterocycles. The Balaban J connectivity index is 1.47. The molecule has 2 aliphatic heterocycles. The normalized spacial score (nSPS) is 30.4. The maximum Gasteiger partial charge on any atom is 0.146 e. The molecule has 0 bridgehead atoms. The summed E-state index contributed by atoms with van der Waals surface area (Å²) in [6.07, 6.45) is 11.0. The van der Waals surface area contributed by atoms with Gasteiger partial charge >= 0.3 is 0 Å². The van der Waals surface area contributed by atoms with Crippen molar-refractivity contribution in [3.05, 3.63) is 0 Å². The van der Waals surface area contributed by atoms with Gasteiger partial charge in [-0.1, -0.05) is 19.3 Å². The predicted octanol–water partition coefficient (Wildman–Crippen LogP) is 4.31. The minimum Gasteiger partial charge on any atom is -0.375 e. The third-order valence-electron chi connectivity index (χ3n) is 5.37. The molecule has 0 amide bonds. The fraction of sp³-hybridized carbons (Fsp3) is 0.941. The number of Topliss-reactive ketones (excluding diaryl/α,β-unsaturated/α-hetero) is 1. The number of ether oxygens (including phenoxy) is 1. The van der Waals surface area contributed by atoms with Crippen LogP contribution in [0.2, 0.25) is 0 Å². The molecule has 0 aromatic heterocycles. The van der Waals surface area contributed by atoms with E-state index in [1.165, 1.54) is 43.6 Å². The molecule has 0 aromatic rings. The second-order valence-electron chi connectivity index (χ2n) is 6.87. The van der Waals surface area contributed by atoms with Crippen LogP contribution < -0.4 is 0 Å². The van der Waals surface area contributed by atoms with Crippen molar-refractivity contribution in [1.82, 2.24) is 0 Å². The molecular weight excluding hydrogens is 300 g/mol. The van der Waals surface area contributed by atoms with Gasteiger partial charge in [0.25, 0.3) is 0 Å². The fourth-order valence-corrected chi connectivity index (χ4v) is 6.48. The van der Waals surface area contributed by atoms with E-state index in [-0.39, 0.29) is 11.5 Å². The van der Waals surface area contributed by atoms with Crippen LogP contribution >= 0.6 is 23.5 Å². The first kappa shape index (κ1) is 16.2. The van der Waals surface area contributed by atoms with Crippen molar-refractivity contribution in [3.8, 4) is 0 Å². The van der Waals surface area contributed by atoms with Crippen LogP contribution in [0, 0.1) is 5.92 Å². The molecule has 1 saturated carbocycles. The molecule has 1 atom stereocenters. The lowest BCUT2D eigenvalue weighted by Gasteiger charge is -2.43. The summed E-state index contributed by atoms with van der Waals surface area (Å²) in [4.78, 5) is 12.6. The lowest BCUT2D eigenvalue weighted by Crippen LogP contribution is -2.44. The summed E-state index contributed by atoms with van der Waals surface area (Å²) in [5.41, 5.74) is 0.0549. The first-order valence-electron chi connectivity index (χ1n) is 8.63. The number of carbonyl (C=O) groups excluding carboxylic acids is 1. The van der Waals surface area contributed by atoms with E-state index in [0.29, 0.717) is 5.78 Å². The van der Waals surface area contributed by atoms with Crippen LogP contribution in [0.4, 0.5) is 0 Å². The average Bonchev–Trinajstić information content (AvgIpc) is 2.54. The number of rotatable bonds is 4. The second kappa shape index (κ2) is 7.74. The summed E-state index contributed by atoms with van der Waals surface area (Å²) in [5.74, 6) is 3.94. The van der Waals surface area contributed by atoms with E-state index in [4.69, 9.17) is 4.74 Å². The third kappa shape index (κ3) is 4.42. The van der Waals surface area contributed by atoms with Gasteiger partial charge in [0.05, 0.1) is 11.4 Å². The van der Waals surface area contributed by atoms with Gasteiger partial charge in [-0.05, 0) is 50.0 Å². The molecule has 2 heterocycles. The zero-order chi connectivity index (χ0) is 14.5. The van der Waals surface area contributed by atoms with Crippen molar-refractivity contribution in [1.29, 1.82) is 0 Å². The van der Waals surface area contributed by atoms with Crippen LogP contribution in [0.5, 0.6) is 0 Å². The molecule has 3 aliphatic rings. The largest absolute Gasteiger partial charge is 0.375 e. The number of ketones is 1. The second-order valence-corrected chi connectivity index (χ2v) is 9.38. The van der Waals surface area contributed by atoms with Gasteiger partial charge in [-0.25, -0.2) is 0 Å². The Morgan fingerprint density at radius 1 is 1.14 bits per heavy atom. The highest BCUT2D eigenvalue weighted by Crippen LogP contribution is 2.40. The lowest BCUT2D eigenvalue weighted by atomic mass is 9.80. The maximum atomic E-state index is 12.6. The van der Waals surface area contributed by atoms with Crippen molar-refractivity contribution < 1.29 is 9.53 Å². The van der Waals surface area contributed by atoms with Crippen LogP contribution in [0.25, 0.3) is 0 Å². The number of thioether (sulfide) groups is 2. The summed E-state index contributed by atoms with van der Waals surface area (Å²) >= 11 is 3.97. The lowest BCUT2D eigenvalue weighted by molar-refractivity contribution is -0.136. The van der Waals surface area contributed by atoms with Gasteiger partial charge in [-0.2, -0.15) is 23.5 Å². The Morgan fingerprint density at radius 3 is 2.67 bits per heavy atom. The average molecular weight is 329 g/mol. The molecule has 0 aromatic carbocycles. The SMILES string of the molecule is O=C(CSC1CCCCC1)C1CCOC2(CCSCC2)C1. The fourth-order valence-electron chi connectivity index (χ4n) is 3.94. The van der Waals surface area contributed by atoms with E-state index in [1.807, 2.05) is 23.5 Å². The number of hydrogen-bond acceptors (Lipinski definition) is 4. The molecule has 4 heteroatoms. The van der Waals surface area contributed by atoms with Gasteiger partial charge in [0.1, 0.15) is 5.78 Å². The Kier molecular flexibility index (Phi) is 5.97. The first-order valence-corrected chi connectivity index (χ1v) is 10.8. The van der Waals surface area contributed by atoms with Gasteiger partial charge < -0.3 is 4.74 Å². The van der Waals surface area contributed by atoms with Crippen molar-refractivity contribution >= 4 is 29.3 Å². The van der Waals surface area contributed by atoms with Crippen LogP contribution in [0.1, 0.15) is 57.8 Å². The molecule has 21 heavy (non-hydrogen) atoms. The summed E-state index contributed by atoms with van der Waals surface area (Å²) in [6, 6.07) is 0.